The summed E-state index contributed by atoms with van der Waals surface area (Å²) >= 11 is 7.95. The van der Waals surface area contributed by atoms with E-state index in [0.717, 1.165) is 23.2 Å². The minimum Gasteiger partial charge on any atom is -0.369 e. The molecule has 0 radical (unpaired) electrons. The van der Waals surface area contributed by atoms with E-state index in [4.69, 9.17) is 11.6 Å². The fourth-order valence-corrected chi connectivity index (χ4v) is 2.96. The van der Waals surface area contributed by atoms with Gasteiger partial charge in [-0.05, 0) is 25.5 Å². The quantitative estimate of drug-likeness (QED) is 0.829. The summed E-state index contributed by atoms with van der Waals surface area (Å²) < 4.78 is 0. The number of thioether (sulfide) groups is 1. The van der Waals surface area contributed by atoms with Crippen LogP contribution in [0.3, 0.4) is 0 Å². The van der Waals surface area contributed by atoms with Crippen LogP contribution >= 0.6 is 23.4 Å². The summed E-state index contributed by atoms with van der Waals surface area (Å²) in [5.41, 5.74) is 0.933. The normalized spacial score (nSPS) is 20.5. The van der Waals surface area contributed by atoms with Crippen molar-refractivity contribution in [2.75, 3.05) is 17.6 Å². The minimum absolute atomic E-state index is 0.534. The predicted molar refractivity (Wildman–Crippen MR) is 65.7 cm³/mol. The van der Waals surface area contributed by atoms with Crippen LogP contribution in [-0.4, -0.2) is 27.5 Å². The zero-order chi connectivity index (χ0) is 10.7. The van der Waals surface area contributed by atoms with Gasteiger partial charge in [0.15, 0.2) is 0 Å². The lowest BCUT2D eigenvalue weighted by Crippen LogP contribution is -2.15. The highest BCUT2D eigenvalue weighted by Crippen LogP contribution is 2.26. The summed E-state index contributed by atoms with van der Waals surface area (Å²) in [5.74, 6) is 2.15. The lowest BCUT2D eigenvalue weighted by Gasteiger charge is -2.12. The summed E-state index contributed by atoms with van der Waals surface area (Å²) in [7, 11) is 0. The van der Waals surface area contributed by atoms with Gasteiger partial charge in [-0.15, -0.1) is 0 Å². The van der Waals surface area contributed by atoms with Crippen LogP contribution in [0.4, 0.5) is 5.82 Å². The van der Waals surface area contributed by atoms with E-state index in [1.165, 1.54) is 24.9 Å². The maximum absolute atomic E-state index is 5.91. The van der Waals surface area contributed by atoms with Crippen molar-refractivity contribution < 1.29 is 0 Å². The third kappa shape index (κ3) is 2.75. The molecule has 2 rings (SSSR count). The van der Waals surface area contributed by atoms with Crippen LogP contribution in [0.1, 0.15) is 18.4 Å². The second-order valence-electron chi connectivity index (χ2n) is 3.65. The van der Waals surface area contributed by atoms with Gasteiger partial charge >= 0.3 is 0 Å². The molecule has 1 fully saturated rings. The molecular formula is C10H14ClN3S. The zero-order valence-electron chi connectivity index (χ0n) is 8.66. The van der Waals surface area contributed by atoms with Crippen molar-refractivity contribution in [3.8, 4) is 0 Å². The first kappa shape index (κ1) is 11.0. The Kier molecular flexibility index (Phi) is 3.70. The van der Waals surface area contributed by atoms with Crippen molar-refractivity contribution in [2.24, 2.45) is 0 Å². The van der Waals surface area contributed by atoms with E-state index >= 15 is 0 Å². The Morgan fingerprint density at radius 2 is 2.47 bits per heavy atom. The van der Waals surface area contributed by atoms with Gasteiger partial charge in [-0.3, -0.25) is 0 Å². The van der Waals surface area contributed by atoms with Gasteiger partial charge in [0.25, 0.3) is 0 Å². The third-order valence-corrected chi connectivity index (χ3v) is 4.32. The summed E-state index contributed by atoms with van der Waals surface area (Å²) in [6.45, 7) is 2.91. The molecule has 0 saturated carbocycles. The van der Waals surface area contributed by atoms with E-state index in [1.54, 1.807) is 0 Å². The molecule has 0 amide bonds. The predicted octanol–water partition coefficient (Wildman–Crippen LogP) is 2.75. The molecule has 2 heterocycles. The van der Waals surface area contributed by atoms with Crippen LogP contribution in [0, 0.1) is 6.92 Å². The molecule has 5 heteroatoms. The SMILES string of the molecule is Cc1c(Cl)ncnc1NCC1CCCS1. The Hall–Kier alpha value is -0.480. The first-order valence-electron chi connectivity index (χ1n) is 5.10. The molecule has 1 N–H and O–H groups in total. The topological polar surface area (TPSA) is 37.8 Å². The number of nitrogens with one attached hydrogen (secondary N) is 1. The zero-order valence-corrected chi connectivity index (χ0v) is 10.2. The summed E-state index contributed by atoms with van der Waals surface area (Å²) in [4.78, 5) is 8.11. The van der Waals surface area contributed by atoms with Gasteiger partial charge in [0.2, 0.25) is 0 Å². The van der Waals surface area contributed by atoms with E-state index in [2.05, 4.69) is 15.3 Å². The van der Waals surface area contributed by atoms with E-state index in [9.17, 15) is 0 Å². The molecule has 3 nitrogen and oxygen atoms in total. The van der Waals surface area contributed by atoms with Gasteiger partial charge in [-0.25, -0.2) is 9.97 Å². The molecular weight excluding hydrogens is 230 g/mol. The largest absolute Gasteiger partial charge is 0.369 e. The number of anilines is 1. The molecule has 82 valence electrons. The molecule has 15 heavy (non-hydrogen) atoms. The average molecular weight is 244 g/mol. The number of halogens is 1. The highest BCUT2D eigenvalue weighted by molar-refractivity contribution is 8.00. The molecule has 1 saturated heterocycles. The molecule has 0 spiro atoms. The van der Waals surface area contributed by atoms with Crippen molar-refractivity contribution >= 4 is 29.2 Å². The smallest absolute Gasteiger partial charge is 0.137 e. The van der Waals surface area contributed by atoms with Gasteiger partial charge in [-0.2, -0.15) is 11.8 Å². The molecule has 0 bridgehead atoms. The van der Waals surface area contributed by atoms with Crippen molar-refractivity contribution in [1.82, 2.24) is 9.97 Å². The molecule has 1 unspecified atom stereocenters. The maximum Gasteiger partial charge on any atom is 0.137 e. The van der Waals surface area contributed by atoms with Crippen LogP contribution in [0.5, 0.6) is 0 Å². The summed E-state index contributed by atoms with van der Waals surface area (Å²) in [5, 5.41) is 4.59. The van der Waals surface area contributed by atoms with Crippen molar-refractivity contribution in [2.45, 2.75) is 25.0 Å². The molecule has 1 aliphatic heterocycles. The van der Waals surface area contributed by atoms with Gasteiger partial charge in [0, 0.05) is 17.4 Å². The second kappa shape index (κ2) is 5.03. The molecule has 0 aromatic carbocycles. The van der Waals surface area contributed by atoms with Gasteiger partial charge in [0.1, 0.15) is 17.3 Å². The Balaban J connectivity index is 1.95. The van der Waals surface area contributed by atoms with Crippen LogP contribution in [-0.2, 0) is 0 Å². The van der Waals surface area contributed by atoms with E-state index in [1.807, 2.05) is 18.7 Å². The number of nitrogens with zero attached hydrogens (tertiary/aromatic N) is 2. The van der Waals surface area contributed by atoms with Gasteiger partial charge < -0.3 is 5.32 Å². The van der Waals surface area contributed by atoms with E-state index < -0.39 is 0 Å². The van der Waals surface area contributed by atoms with Crippen LogP contribution in [0.2, 0.25) is 5.15 Å². The Bertz CT molecular complexity index is 339. The molecule has 1 aromatic heterocycles. The van der Waals surface area contributed by atoms with Gasteiger partial charge in [-0.1, -0.05) is 11.6 Å². The molecule has 1 aliphatic rings. The first-order valence-corrected chi connectivity index (χ1v) is 6.52. The monoisotopic (exact) mass is 243 g/mol. The number of hydrogen-bond acceptors (Lipinski definition) is 4. The van der Waals surface area contributed by atoms with E-state index in [0.29, 0.717) is 5.15 Å². The summed E-state index contributed by atoms with van der Waals surface area (Å²) in [6.07, 6.45) is 4.13. The molecule has 1 atom stereocenters. The van der Waals surface area contributed by atoms with Crippen molar-refractivity contribution in [3.05, 3.63) is 17.0 Å². The Morgan fingerprint density at radius 3 is 3.20 bits per heavy atom. The lowest BCUT2D eigenvalue weighted by atomic mass is 10.2. The average Bonchev–Trinajstić information content (AvgIpc) is 2.73. The van der Waals surface area contributed by atoms with Gasteiger partial charge in [0.05, 0.1) is 0 Å². The lowest BCUT2D eigenvalue weighted by molar-refractivity contribution is 0.802. The third-order valence-electron chi connectivity index (χ3n) is 2.54. The van der Waals surface area contributed by atoms with Crippen molar-refractivity contribution in [3.63, 3.8) is 0 Å². The minimum atomic E-state index is 0.534. The number of hydrogen-bond donors (Lipinski definition) is 1. The highest BCUT2D eigenvalue weighted by atomic mass is 35.5. The fraction of sp³-hybridized carbons (Fsp3) is 0.600. The summed E-state index contributed by atoms with van der Waals surface area (Å²) in [6, 6.07) is 0. The van der Waals surface area contributed by atoms with Crippen molar-refractivity contribution in [1.29, 1.82) is 0 Å². The molecule has 0 aliphatic carbocycles. The first-order chi connectivity index (χ1) is 7.27. The second-order valence-corrected chi connectivity index (χ2v) is 5.42. The number of rotatable bonds is 3. The Labute approximate surface area is 99.0 Å². The standard InChI is InChI=1S/C10H14ClN3S/c1-7-9(11)13-6-14-10(7)12-5-8-3-2-4-15-8/h6,8H,2-5H2,1H3,(H,12,13,14). The highest BCUT2D eigenvalue weighted by Gasteiger charge is 2.15. The maximum atomic E-state index is 5.91. The fourth-order valence-electron chi connectivity index (χ4n) is 1.62. The van der Waals surface area contributed by atoms with Crippen LogP contribution in [0.15, 0.2) is 6.33 Å². The van der Waals surface area contributed by atoms with Crippen LogP contribution < -0.4 is 5.32 Å². The number of aromatic nitrogens is 2. The van der Waals surface area contributed by atoms with E-state index in [-0.39, 0.29) is 0 Å². The molecule has 1 aromatic rings. The van der Waals surface area contributed by atoms with Crippen LogP contribution in [0.25, 0.3) is 0 Å². The Morgan fingerprint density at radius 1 is 1.60 bits per heavy atom.